The van der Waals surface area contributed by atoms with E-state index < -0.39 is 0 Å². The Morgan fingerprint density at radius 2 is 1.81 bits per heavy atom. The fourth-order valence-corrected chi connectivity index (χ4v) is 5.18. The predicted octanol–water partition coefficient (Wildman–Crippen LogP) is 2.51. The van der Waals surface area contributed by atoms with E-state index in [4.69, 9.17) is 0 Å². The van der Waals surface area contributed by atoms with Crippen molar-refractivity contribution in [3.05, 3.63) is 5.82 Å². The third kappa shape index (κ3) is 4.80. The number of fused-ring (bicyclic) bond motifs is 2. The van der Waals surface area contributed by atoms with Gasteiger partial charge in [0.2, 0.25) is 11.0 Å². The molecule has 3 saturated heterocycles. The lowest BCUT2D eigenvalue weighted by atomic mass is 9.89. The topological polar surface area (TPSA) is 61.4 Å². The average molecular weight is 422 g/mol. The minimum absolute atomic E-state index is 0. The van der Waals surface area contributed by atoms with E-state index in [1.807, 2.05) is 0 Å². The smallest absolute Gasteiger partial charge is 0.222 e. The van der Waals surface area contributed by atoms with Crippen molar-refractivity contribution in [3.63, 3.8) is 0 Å². The quantitative estimate of drug-likeness (QED) is 0.808. The number of rotatable bonds is 4. The Hall–Kier alpha value is -0.630. The first-order valence-electron chi connectivity index (χ1n) is 9.32. The average Bonchev–Trinajstić information content (AvgIpc) is 3.21. The number of aryl methyl sites for hydroxylation is 1. The number of nitrogens with zero attached hydrogens (tertiary/aromatic N) is 4. The van der Waals surface area contributed by atoms with E-state index >= 15 is 0 Å². The number of halogens is 2. The van der Waals surface area contributed by atoms with Crippen LogP contribution in [0.4, 0.5) is 5.13 Å². The molecule has 6 nitrogen and oxygen atoms in total. The molecule has 2 atom stereocenters. The van der Waals surface area contributed by atoms with Gasteiger partial charge >= 0.3 is 0 Å². The van der Waals surface area contributed by atoms with Gasteiger partial charge in [0.1, 0.15) is 5.82 Å². The van der Waals surface area contributed by atoms with E-state index in [0.717, 1.165) is 50.0 Å². The third-order valence-electron chi connectivity index (χ3n) is 5.71. The molecule has 9 heteroatoms. The van der Waals surface area contributed by atoms with Gasteiger partial charge in [-0.05, 0) is 31.6 Å². The molecule has 3 aliphatic heterocycles. The summed E-state index contributed by atoms with van der Waals surface area (Å²) in [7, 11) is 0. The summed E-state index contributed by atoms with van der Waals surface area (Å²) >= 11 is 1.48. The fraction of sp³-hybridized carbons (Fsp3) is 0.824. The van der Waals surface area contributed by atoms with Crippen LogP contribution in [0.1, 0.15) is 44.9 Å². The number of hydrogen-bond acceptors (Lipinski definition) is 6. The van der Waals surface area contributed by atoms with Crippen LogP contribution in [-0.2, 0) is 11.2 Å². The Bertz CT molecular complexity index is 581. The molecular formula is C17H29Cl2N5OS. The SMILES string of the molecule is CCc1nsc(N2CCN(C(=O)CC3CC4CCC(C3)N4)CC2)n1.Cl.Cl. The van der Waals surface area contributed by atoms with Crippen LogP contribution >= 0.6 is 36.3 Å². The number of aromatic nitrogens is 2. The summed E-state index contributed by atoms with van der Waals surface area (Å²) in [6.07, 6.45) is 6.60. The van der Waals surface area contributed by atoms with Crippen molar-refractivity contribution in [2.45, 2.75) is 57.5 Å². The summed E-state index contributed by atoms with van der Waals surface area (Å²) in [6.45, 7) is 5.47. The summed E-state index contributed by atoms with van der Waals surface area (Å²) in [5.41, 5.74) is 0. The Labute approximate surface area is 172 Å². The molecule has 0 saturated carbocycles. The highest BCUT2D eigenvalue weighted by Crippen LogP contribution is 2.33. The molecular weight excluding hydrogens is 393 g/mol. The third-order valence-corrected chi connectivity index (χ3v) is 6.53. The second-order valence-corrected chi connectivity index (χ2v) is 8.12. The zero-order chi connectivity index (χ0) is 16.5. The highest BCUT2D eigenvalue weighted by atomic mass is 35.5. The van der Waals surface area contributed by atoms with E-state index in [2.05, 4.69) is 31.4 Å². The molecule has 0 spiro atoms. The molecule has 0 radical (unpaired) electrons. The monoisotopic (exact) mass is 421 g/mol. The van der Waals surface area contributed by atoms with E-state index in [9.17, 15) is 4.79 Å². The van der Waals surface area contributed by atoms with Gasteiger partial charge < -0.3 is 15.1 Å². The van der Waals surface area contributed by atoms with E-state index in [0.29, 0.717) is 23.9 Å². The number of piperidine rings is 1. The molecule has 26 heavy (non-hydrogen) atoms. The van der Waals surface area contributed by atoms with Gasteiger partial charge in [-0.3, -0.25) is 4.79 Å². The van der Waals surface area contributed by atoms with Crippen LogP contribution in [0.25, 0.3) is 0 Å². The Morgan fingerprint density at radius 1 is 1.15 bits per heavy atom. The minimum atomic E-state index is 0. The zero-order valence-corrected chi connectivity index (χ0v) is 17.7. The van der Waals surface area contributed by atoms with Gasteiger partial charge in [0.05, 0.1) is 0 Å². The summed E-state index contributed by atoms with van der Waals surface area (Å²) in [4.78, 5) is 21.5. The Balaban J connectivity index is 0.00000121. The number of carbonyl (C=O) groups excluding carboxylic acids is 1. The largest absolute Gasteiger partial charge is 0.343 e. The van der Waals surface area contributed by atoms with Gasteiger partial charge in [0, 0.05) is 62.6 Å². The van der Waals surface area contributed by atoms with Crippen molar-refractivity contribution in [2.75, 3.05) is 31.1 Å². The van der Waals surface area contributed by atoms with Crippen LogP contribution in [0.3, 0.4) is 0 Å². The lowest BCUT2D eigenvalue weighted by Gasteiger charge is -2.36. The van der Waals surface area contributed by atoms with Crippen LogP contribution in [0.2, 0.25) is 0 Å². The normalized spacial score (nSPS) is 27.7. The van der Waals surface area contributed by atoms with Gasteiger partial charge in [-0.15, -0.1) is 24.8 Å². The molecule has 2 bridgehead atoms. The fourth-order valence-electron chi connectivity index (χ4n) is 4.38. The van der Waals surface area contributed by atoms with E-state index in [-0.39, 0.29) is 24.8 Å². The first-order chi connectivity index (χ1) is 11.7. The molecule has 1 aromatic rings. The van der Waals surface area contributed by atoms with Crippen LogP contribution in [0.5, 0.6) is 0 Å². The molecule has 4 rings (SSSR count). The molecule has 1 N–H and O–H groups in total. The van der Waals surface area contributed by atoms with E-state index in [1.54, 1.807) is 0 Å². The van der Waals surface area contributed by atoms with Crippen molar-refractivity contribution in [1.82, 2.24) is 19.6 Å². The standard InChI is InChI=1S/C17H27N5OS.2ClH/c1-2-15-19-17(24-20-15)22-7-5-21(6-8-22)16(23)11-12-9-13-3-4-14(10-12)18-13;;/h12-14,18H,2-11H2,1H3;2*1H. The molecule has 0 aromatic carbocycles. The highest BCUT2D eigenvalue weighted by Gasteiger charge is 2.35. The van der Waals surface area contributed by atoms with Gasteiger partial charge in [0.15, 0.2) is 0 Å². The molecule has 3 fully saturated rings. The zero-order valence-electron chi connectivity index (χ0n) is 15.2. The maximum Gasteiger partial charge on any atom is 0.222 e. The van der Waals surface area contributed by atoms with E-state index in [1.165, 1.54) is 37.2 Å². The van der Waals surface area contributed by atoms with Crippen molar-refractivity contribution < 1.29 is 4.79 Å². The van der Waals surface area contributed by atoms with Crippen molar-refractivity contribution in [2.24, 2.45) is 5.92 Å². The molecule has 0 aliphatic carbocycles. The number of hydrogen-bond donors (Lipinski definition) is 1. The molecule has 1 amide bonds. The molecule has 2 unspecified atom stereocenters. The second kappa shape index (κ2) is 9.53. The van der Waals surface area contributed by atoms with Crippen LogP contribution in [0, 0.1) is 5.92 Å². The Kier molecular flexibility index (Phi) is 7.94. The first kappa shape index (κ1) is 21.7. The number of carbonyl (C=O) groups is 1. The van der Waals surface area contributed by atoms with Crippen molar-refractivity contribution >= 4 is 47.4 Å². The van der Waals surface area contributed by atoms with Crippen LogP contribution in [-0.4, -0.2) is 58.4 Å². The molecule has 4 heterocycles. The van der Waals surface area contributed by atoms with Gasteiger partial charge in [-0.25, -0.2) is 4.98 Å². The predicted molar refractivity (Wildman–Crippen MR) is 110 cm³/mol. The number of anilines is 1. The van der Waals surface area contributed by atoms with Crippen LogP contribution < -0.4 is 10.2 Å². The first-order valence-corrected chi connectivity index (χ1v) is 10.1. The minimum Gasteiger partial charge on any atom is -0.343 e. The lowest BCUT2D eigenvalue weighted by Crippen LogP contribution is -2.49. The second-order valence-electron chi connectivity index (χ2n) is 7.39. The summed E-state index contributed by atoms with van der Waals surface area (Å²) in [5, 5.41) is 4.67. The number of piperazine rings is 1. The van der Waals surface area contributed by atoms with Gasteiger partial charge in [-0.1, -0.05) is 6.92 Å². The maximum atomic E-state index is 12.7. The molecule has 3 aliphatic rings. The lowest BCUT2D eigenvalue weighted by molar-refractivity contribution is -0.132. The summed E-state index contributed by atoms with van der Waals surface area (Å²) < 4.78 is 4.36. The summed E-state index contributed by atoms with van der Waals surface area (Å²) in [6, 6.07) is 1.34. The van der Waals surface area contributed by atoms with Gasteiger partial charge in [0.25, 0.3) is 0 Å². The maximum absolute atomic E-state index is 12.7. The highest BCUT2D eigenvalue weighted by molar-refractivity contribution is 7.09. The van der Waals surface area contributed by atoms with Crippen LogP contribution in [0.15, 0.2) is 0 Å². The number of nitrogens with one attached hydrogen (secondary N) is 1. The van der Waals surface area contributed by atoms with Crippen molar-refractivity contribution in [1.29, 1.82) is 0 Å². The molecule has 148 valence electrons. The Morgan fingerprint density at radius 3 is 2.38 bits per heavy atom. The number of amides is 1. The van der Waals surface area contributed by atoms with Crippen molar-refractivity contribution in [3.8, 4) is 0 Å². The van der Waals surface area contributed by atoms with Gasteiger partial charge in [-0.2, -0.15) is 4.37 Å². The summed E-state index contributed by atoms with van der Waals surface area (Å²) in [5.74, 6) is 1.87. The molecule has 1 aromatic heterocycles.